The Morgan fingerprint density at radius 2 is 1.79 bits per heavy atom. The average Bonchev–Trinajstić information content (AvgIpc) is 2.40. The quantitative estimate of drug-likeness (QED) is 0.888. The third-order valence-electron chi connectivity index (χ3n) is 2.71. The monoisotopic (exact) mass is 295 g/mol. The van der Waals surface area contributed by atoms with Crippen molar-refractivity contribution < 1.29 is 4.74 Å². The number of ether oxygens (including phenoxy) is 1. The van der Waals surface area contributed by atoms with E-state index < -0.39 is 0 Å². The van der Waals surface area contributed by atoms with Gasteiger partial charge in [0.25, 0.3) is 0 Å². The maximum absolute atomic E-state index is 6.09. The smallest absolute Gasteiger partial charge is 0.119 e. The fourth-order valence-electron chi connectivity index (χ4n) is 1.71. The number of hydrogen-bond donors (Lipinski definition) is 1. The molecule has 0 atom stereocenters. The Labute approximate surface area is 123 Å². The fourth-order valence-corrected chi connectivity index (χ4v) is 2.17. The zero-order valence-corrected chi connectivity index (χ0v) is 12.1. The summed E-state index contributed by atoms with van der Waals surface area (Å²) in [7, 11) is 1.92. The Balaban J connectivity index is 1.98. The van der Waals surface area contributed by atoms with Crippen LogP contribution < -0.4 is 10.1 Å². The molecule has 0 aliphatic heterocycles. The zero-order valence-electron chi connectivity index (χ0n) is 10.6. The molecule has 0 saturated heterocycles. The van der Waals surface area contributed by atoms with Crippen LogP contribution in [0.5, 0.6) is 5.75 Å². The van der Waals surface area contributed by atoms with Crippen molar-refractivity contribution in [3.8, 4) is 5.75 Å². The summed E-state index contributed by atoms with van der Waals surface area (Å²) in [6, 6.07) is 13.4. The number of nitrogens with one attached hydrogen (secondary N) is 1. The highest BCUT2D eigenvalue weighted by Crippen LogP contribution is 2.22. The zero-order chi connectivity index (χ0) is 13.7. The van der Waals surface area contributed by atoms with Gasteiger partial charge in [0.15, 0.2) is 0 Å². The van der Waals surface area contributed by atoms with Gasteiger partial charge in [-0.25, -0.2) is 0 Å². The van der Waals surface area contributed by atoms with E-state index in [4.69, 9.17) is 27.9 Å². The number of hydrogen-bond acceptors (Lipinski definition) is 2. The highest BCUT2D eigenvalue weighted by Gasteiger charge is 2.02. The van der Waals surface area contributed by atoms with E-state index in [0.29, 0.717) is 16.7 Å². The molecule has 0 aromatic heterocycles. The van der Waals surface area contributed by atoms with Crippen molar-refractivity contribution in [3.63, 3.8) is 0 Å². The first-order chi connectivity index (χ1) is 9.19. The maximum Gasteiger partial charge on any atom is 0.119 e. The van der Waals surface area contributed by atoms with Gasteiger partial charge in [0.2, 0.25) is 0 Å². The van der Waals surface area contributed by atoms with Gasteiger partial charge >= 0.3 is 0 Å². The molecule has 4 heteroatoms. The van der Waals surface area contributed by atoms with Gasteiger partial charge in [-0.1, -0.05) is 41.4 Å². The molecule has 19 heavy (non-hydrogen) atoms. The second kappa shape index (κ2) is 6.80. The Kier molecular flexibility index (Phi) is 5.08. The van der Waals surface area contributed by atoms with Crippen molar-refractivity contribution in [2.75, 3.05) is 7.05 Å². The highest BCUT2D eigenvalue weighted by molar-refractivity contribution is 6.35. The minimum absolute atomic E-state index is 0.432. The van der Waals surface area contributed by atoms with Gasteiger partial charge < -0.3 is 10.1 Å². The van der Waals surface area contributed by atoms with Gasteiger partial charge in [-0.2, -0.15) is 0 Å². The lowest BCUT2D eigenvalue weighted by Crippen LogP contribution is -2.04. The largest absolute Gasteiger partial charge is 0.489 e. The number of halogens is 2. The van der Waals surface area contributed by atoms with Crippen molar-refractivity contribution in [3.05, 3.63) is 63.6 Å². The van der Waals surface area contributed by atoms with Crippen LogP contribution in [-0.4, -0.2) is 7.05 Å². The van der Waals surface area contributed by atoms with Gasteiger partial charge in [-0.15, -0.1) is 0 Å². The molecule has 0 aliphatic carbocycles. The van der Waals surface area contributed by atoms with E-state index in [1.54, 1.807) is 6.07 Å². The van der Waals surface area contributed by atoms with Crippen molar-refractivity contribution in [2.45, 2.75) is 13.2 Å². The molecule has 2 aromatic rings. The van der Waals surface area contributed by atoms with Crippen LogP contribution in [0.25, 0.3) is 0 Å². The van der Waals surface area contributed by atoms with Gasteiger partial charge in [0, 0.05) is 22.2 Å². The van der Waals surface area contributed by atoms with Gasteiger partial charge in [-0.05, 0) is 36.9 Å². The number of rotatable bonds is 5. The molecule has 0 saturated carbocycles. The van der Waals surface area contributed by atoms with Crippen LogP contribution in [-0.2, 0) is 13.2 Å². The van der Waals surface area contributed by atoms with E-state index in [2.05, 4.69) is 5.32 Å². The fraction of sp³-hybridized carbons (Fsp3) is 0.200. The van der Waals surface area contributed by atoms with E-state index in [1.165, 1.54) is 5.56 Å². The summed E-state index contributed by atoms with van der Waals surface area (Å²) in [5.41, 5.74) is 2.14. The molecule has 0 spiro atoms. The Morgan fingerprint density at radius 1 is 1.05 bits per heavy atom. The summed E-state index contributed by atoms with van der Waals surface area (Å²) in [6.07, 6.45) is 0. The normalized spacial score (nSPS) is 10.5. The van der Waals surface area contributed by atoms with E-state index in [-0.39, 0.29) is 0 Å². The molecule has 0 fully saturated rings. The van der Waals surface area contributed by atoms with Crippen molar-refractivity contribution in [1.82, 2.24) is 5.32 Å². The molecule has 0 radical (unpaired) electrons. The predicted molar refractivity (Wildman–Crippen MR) is 80.0 cm³/mol. The van der Waals surface area contributed by atoms with Gasteiger partial charge in [-0.3, -0.25) is 0 Å². The minimum Gasteiger partial charge on any atom is -0.489 e. The first-order valence-electron chi connectivity index (χ1n) is 5.99. The van der Waals surface area contributed by atoms with Crippen LogP contribution in [0.15, 0.2) is 42.5 Å². The van der Waals surface area contributed by atoms with Crippen LogP contribution in [0.2, 0.25) is 10.0 Å². The summed E-state index contributed by atoms with van der Waals surface area (Å²) in [4.78, 5) is 0. The molecule has 2 nitrogen and oxygen atoms in total. The summed E-state index contributed by atoms with van der Waals surface area (Å²) < 4.78 is 5.70. The van der Waals surface area contributed by atoms with Crippen molar-refractivity contribution in [1.29, 1.82) is 0 Å². The standard InChI is InChI=1S/C15H15Cl2NO/c1-18-9-11-2-6-14(7-3-11)19-10-12-4-5-13(16)8-15(12)17/h2-8,18H,9-10H2,1H3. The van der Waals surface area contributed by atoms with Crippen LogP contribution in [0.1, 0.15) is 11.1 Å². The second-order valence-electron chi connectivity index (χ2n) is 4.20. The van der Waals surface area contributed by atoms with Crippen molar-refractivity contribution in [2.24, 2.45) is 0 Å². The minimum atomic E-state index is 0.432. The van der Waals surface area contributed by atoms with Gasteiger partial charge in [0.05, 0.1) is 0 Å². The topological polar surface area (TPSA) is 21.3 Å². The average molecular weight is 296 g/mol. The molecule has 100 valence electrons. The van der Waals surface area contributed by atoms with Crippen molar-refractivity contribution >= 4 is 23.2 Å². The first-order valence-corrected chi connectivity index (χ1v) is 6.75. The molecule has 0 unspecified atom stereocenters. The second-order valence-corrected chi connectivity index (χ2v) is 5.04. The third-order valence-corrected chi connectivity index (χ3v) is 3.30. The molecule has 0 heterocycles. The maximum atomic E-state index is 6.09. The van der Waals surface area contributed by atoms with Crippen LogP contribution in [0.3, 0.4) is 0 Å². The molecule has 2 aromatic carbocycles. The van der Waals surface area contributed by atoms with E-state index >= 15 is 0 Å². The lowest BCUT2D eigenvalue weighted by atomic mass is 10.2. The van der Waals surface area contributed by atoms with Crippen LogP contribution in [0, 0.1) is 0 Å². The summed E-state index contributed by atoms with van der Waals surface area (Å²) in [5.74, 6) is 0.825. The molecule has 0 bridgehead atoms. The lowest BCUT2D eigenvalue weighted by Gasteiger charge is -2.09. The molecular weight excluding hydrogens is 281 g/mol. The molecular formula is C15H15Cl2NO. The molecule has 1 N–H and O–H groups in total. The Morgan fingerprint density at radius 3 is 2.42 bits per heavy atom. The molecule has 2 rings (SSSR count). The first kappa shape index (κ1) is 14.2. The van der Waals surface area contributed by atoms with E-state index in [0.717, 1.165) is 17.9 Å². The molecule has 0 aliphatic rings. The predicted octanol–water partition coefficient (Wildman–Crippen LogP) is 4.29. The summed E-state index contributed by atoms with van der Waals surface area (Å²) in [5, 5.41) is 4.36. The Hall–Kier alpha value is -1.22. The van der Waals surface area contributed by atoms with Crippen LogP contribution >= 0.6 is 23.2 Å². The summed E-state index contributed by atoms with van der Waals surface area (Å²) >= 11 is 11.9. The highest BCUT2D eigenvalue weighted by atomic mass is 35.5. The van der Waals surface area contributed by atoms with Crippen LogP contribution in [0.4, 0.5) is 0 Å². The number of benzene rings is 2. The summed E-state index contributed by atoms with van der Waals surface area (Å²) in [6.45, 7) is 1.28. The lowest BCUT2D eigenvalue weighted by molar-refractivity contribution is 0.306. The van der Waals surface area contributed by atoms with E-state index in [1.807, 2.05) is 43.4 Å². The van der Waals surface area contributed by atoms with Gasteiger partial charge in [0.1, 0.15) is 12.4 Å². The third kappa shape index (κ3) is 4.13. The molecule has 0 amide bonds. The van der Waals surface area contributed by atoms with E-state index in [9.17, 15) is 0 Å². The SMILES string of the molecule is CNCc1ccc(OCc2ccc(Cl)cc2Cl)cc1. The Bertz CT molecular complexity index is 540.